The van der Waals surface area contributed by atoms with Crippen molar-refractivity contribution >= 4 is 53.6 Å². The zero-order valence-corrected chi connectivity index (χ0v) is 28.7. The highest BCUT2D eigenvalue weighted by molar-refractivity contribution is 9.10. The first-order valence-electron chi connectivity index (χ1n) is 15.5. The Morgan fingerprint density at radius 1 is 1.09 bits per heavy atom. The summed E-state index contributed by atoms with van der Waals surface area (Å²) in [5.74, 6) is -0.462. The van der Waals surface area contributed by atoms with Crippen molar-refractivity contribution in [2.45, 2.75) is 63.2 Å². The topological polar surface area (TPSA) is 121 Å². The molecule has 4 aromatic rings. The van der Waals surface area contributed by atoms with E-state index in [0.717, 1.165) is 33.4 Å². The van der Waals surface area contributed by atoms with E-state index in [9.17, 15) is 19.5 Å². The quantitative estimate of drug-likeness (QED) is 0.161. The number of benzene rings is 3. The Balaban J connectivity index is 1.33. The molecule has 3 aromatic carbocycles. The fraction of sp³-hybridized carbons (Fsp3) is 0.353. The number of nitrogens with zero attached hydrogens (tertiary/aromatic N) is 5. The van der Waals surface area contributed by atoms with Crippen LogP contribution in [0.2, 0.25) is 18.6 Å². The fourth-order valence-corrected chi connectivity index (χ4v) is 10.2. The van der Waals surface area contributed by atoms with Gasteiger partial charge in [-0.1, -0.05) is 58.4 Å². The van der Waals surface area contributed by atoms with Gasteiger partial charge in [-0.25, -0.2) is 0 Å². The minimum absolute atomic E-state index is 0.00289. The van der Waals surface area contributed by atoms with Crippen LogP contribution >= 0.6 is 15.9 Å². The molecule has 6 rings (SSSR count). The minimum Gasteiger partial charge on any atom is -0.432 e. The predicted molar refractivity (Wildman–Crippen MR) is 181 cm³/mol. The van der Waals surface area contributed by atoms with Crippen LogP contribution in [0.4, 0.5) is 17.1 Å². The number of rotatable bonds is 11. The number of aromatic nitrogens is 3. The lowest BCUT2D eigenvalue weighted by atomic mass is 9.82. The SMILES string of the molecule is C[C@@H]1[C@@H]([Si](C)(C)O)[C@H](CCn2cc(CCO)nn2)O[C@@]12C(=O)N(Cc1cccc(N(C=O)c3ccccc3)c1)c1ccc(Br)cc12. The van der Waals surface area contributed by atoms with Gasteiger partial charge in [-0.05, 0) is 67.5 Å². The zero-order valence-electron chi connectivity index (χ0n) is 26.1. The van der Waals surface area contributed by atoms with Crippen molar-refractivity contribution < 1.29 is 24.2 Å². The smallest absolute Gasteiger partial charge is 0.264 e. The van der Waals surface area contributed by atoms with Crippen LogP contribution in [0.1, 0.15) is 30.2 Å². The number of hydrogen-bond acceptors (Lipinski definition) is 7. The normalized spacial score (nSPS) is 22.4. The number of aliphatic hydroxyl groups excluding tert-OH is 1. The Bertz CT molecular complexity index is 1730. The molecule has 0 unspecified atom stereocenters. The molecule has 0 saturated carbocycles. The largest absolute Gasteiger partial charge is 0.432 e. The molecular weight excluding hydrogens is 666 g/mol. The number of aliphatic hydroxyl groups is 1. The summed E-state index contributed by atoms with van der Waals surface area (Å²) in [6.45, 7) is 6.62. The summed E-state index contributed by atoms with van der Waals surface area (Å²) >= 11 is 3.62. The number of anilines is 3. The number of carbonyl (C=O) groups excluding carboxylic acids is 2. The average Bonchev–Trinajstić information content (AvgIpc) is 3.67. The number of carbonyl (C=O) groups is 2. The molecule has 1 saturated heterocycles. The highest BCUT2D eigenvalue weighted by Crippen LogP contribution is 2.60. The van der Waals surface area contributed by atoms with E-state index in [1.807, 2.05) is 99.0 Å². The predicted octanol–water partition coefficient (Wildman–Crippen LogP) is 5.30. The molecule has 2 amide bonds. The average molecular weight is 705 g/mol. The van der Waals surface area contributed by atoms with Gasteiger partial charge in [0.15, 0.2) is 13.9 Å². The summed E-state index contributed by atoms with van der Waals surface area (Å²) in [5.41, 5.74) is 3.07. The second-order valence-corrected chi connectivity index (χ2v) is 17.5. The first kappa shape index (κ1) is 32.3. The highest BCUT2D eigenvalue weighted by Gasteiger charge is 2.66. The van der Waals surface area contributed by atoms with E-state index in [0.29, 0.717) is 30.8 Å². The maximum Gasteiger partial charge on any atom is 0.264 e. The number of ether oxygens (including phenoxy) is 1. The van der Waals surface area contributed by atoms with Crippen molar-refractivity contribution in [3.8, 4) is 0 Å². The Hall–Kier alpha value is -3.68. The van der Waals surface area contributed by atoms with Crippen molar-refractivity contribution in [2.24, 2.45) is 5.92 Å². The van der Waals surface area contributed by atoms with Crippen molar-refractivity contribution in [1.29, 1.82) is 0 Å². The molecule has 3 heterocycles. The third-order valence-electron chi connectivity index (χ3n) is 9.21. The van der Waals surface area contributed by atoms with E-state index < -0.39 is 20.0 Å². The van der Waals surface area contributed by atoms with Crippen molar-refractivity contribution in [2.75, 3.05) is 16.4 Å². The number of para-hydroxylation sites is 1. The standard InChI is InChI=1S/C34H38BrN5O5Si/c1-23-32(46(2,3)44)31(14-16-38-21-26(15-17-41)36-37-38)45-34(23)29-19-25(35)12-13-30(29)39(33(34)43)20-24-8-7-11-28(18-24)40(22-42)27-9-5-4-6-10-27/h4-13,18-19,21-23,31-32,41,44H,14-17,20H2,1-3H3/t23-,31+,32-,34+/m1/s1. The first-order chi connectivity index (χ1) is 22.1. The number of fused-ring (bicyclic) bond motifs is 2. The van der Waals surface area contributed by atoms with Crippen LogP contribution in [0.5, 0.6) is 0 Å². The number of halogens is 1. The molecule has 2 N–H and O–H groups in total. The highest BCUT2D eigenvalue weighted by atomic mass is 79.9. The summed E-state index contributed by atoms with van der Waals surface area (Å²) in [4.78, 5) is 41.9. The molecule has 0 aliphatic carbocycles. The lowest BCUT2D eigenvalue weighted by molar-refractivity contribution is -0.146. The Labute approximate surface area is 277 Å². The summed E-state index contributed by atoms with van der Waals surface area (Å²) in [7, 11) is -2.83. The van der Waals surface area contributed by atoms with Crippen molar-refractivity contribution in [3.63, 3.8) is 0 Å². The van der Waals surface area contributed by atoms with E-state index in [2.05, 4.69) is 26.2 Å². The number of aryl methyl sites for hydroxylation is 1. The van der Waals surface area contributed by atoms with Gasteiger partial charge in [0.1, 0.15) is 0 Å². The summed E-state index contributed by atoms with van der Waals surface area (Å²) in [5, 5.41) is 17.6. The molecule has 0 bridgehead atoms. The summed E-state index contributed by atoms with van der Waals surface area (Å²) in [6.07, 6.45) is 3.18. The lowest BCUT2D eigenvalue weighted by Crippen LogP contribution is -2.46. The van der Waals surface area contributed by atoms with Gasteiger partial charge < -0.3 is 19.5 Å². The van der Waals surface area contributed by atoms with E-state index in [1.54, 1.807) is 14.5 Å². The van der Waals surface area contributed by atoms with Crippen LogP contribution in [-0.2, 0) is 39.4 Å². The van der Waals surface area contributed by atoms with Crippen LogP contribution in [0.3, 0.4) is 0 Å². The van der Waals surface area contributed by atoms with Crippen LogP contribution in [0.25, 0.3) is 0 Å². The van der Waals surface area contributed by atoms with Gasteiger partial charge in [-0.3, -0.25) is 19.2 Å². The zero-order chi connectivity index (χ0) is 32.6. The lowest BCUT2D eigenvalue weighted by Gasteiger charge is -2.32. The molecule has 1 fully saturated rings. The van der Waals surface area contributed by atoms with Crippen LogP contribution in [0, 0.1) is 5.92 Å². The Morgan fingerprint density at radius 2 is 1.85 bits per heavy atom. The molecule has 0 radical (unpaired) electrons. The van der Waals surface area contributed by atoms with Gasteiger partial charge in [0.05, 0.1) is 24.0 Å². The van der Waals surface area contributed by atoms with Gasteiger partial charge >= 0.3 is 0 Å². The first-order valence-corrected chi connectivity index (χ1v) is 19.3. The monoisotopic (exact) mass is 703 g/mol. The van der Waals surface area contributed by atoms with Gasteiger partial charge in [0.25, 0.3) is 5.91 Å². The van der Waals surface area contributed by atoms with E-state index in [-0.39, 0.29) is 30.5 Å². The Kier molecular flexibility index (Phi) is 9.01. The number of amides is 2. The fourth-order valence-electron chi connectivity index (χ4n) is 7.26. The van der Waals surface area contributed by atoms with Crippen LogP contribution in [-0.4, -0.2) is 58.2 Å². The Morgan fingerprint density at radius 3 is 2.57 bits per heavy atom. The maximum atomic E-state index is 14.8. The molecule has 1 spiro atoms. The van der Waals surface area contributed by atoms with Crippen LogP contribution < -0.4 is 9.80 Å². The second kappa shape index (κ2) is 12.8. The van der Waals surface area contributed by atoms with E-state index in [4.69, 9.17) is 4.74 Å². The second-order valence-electron chi connectivity index (χ2n) is 12.6. The number of hydrogen-bond donors (Lipinski definition) is 2. The van der Waals surface area contributed by atoms with Crippen molar-refractivity contribution in [3.05, 3.63) is 100 Å². The third-order valence-corrected chi connectivity index (χ3v) is 12.2. The molecular formula is C34H38BrN5O5Si. The third kappa shape index (κ3) is 5.84. The maximum absolute atomic E-state index is 14.8. The van der Waals surface area contributed by atoms with Gasteiger partial charge in [0.2, 0.25) is 6.41 Å². The van der Waals surface area contributed by atoms with Crippen LogP contribution in [0.15, 0.2) is 83.5 Å². The van der Waals surface area contributed by atoms with E-state index >= 15 is 0 Å². The molecule has 2 aliphatic heterocycles. The molecule has 12 heteroatoms. The minimum atomic E-state index is -2.83. The van der Waals surface area contributed by atoms with Gasteiger partial charge in [-0.2, -0.15) is 0 Å². The van der Waals surface area contributed by atoms with E-state index in [1.165, 1.54) is 0 Å². The molecule has 10 nitrogen and oxygen atoms in total. The molecule has 46 heavy (non-hydrogen) atoms. The van der Waals surface area contributed by atoms with Crippen molar-refractivity contribution in [1.82, 2.24) is 15.0 Å². The van der Waals surface area contributed by atoms with Gasteiger partial charge in [-0.15, -0.1) is 5.10 Å². The van der Waals surface area contributed by atoms with Gasteiger partial charge in [0, 0.05) is 58.6 Å². The summed E-state index contributed by atoms with van der Waals surface area (Å²) in [6, 6.07) is 22.9. The molecule has 240 valence electrons. The molecule has 1 aromatic heterocycles. The summed E-state index contributed by atoms with van der Waals surface area (Å²) < 4.78 is 9.51. The molecule has 2 aliphatic rings. The molecule has 4 atom stereocenters.